The second-order valence-corrected chi connectivity index (χ2v) is 14.7. The third-order valence-electron chi connectivity index (χ3n) is 10.4. The van der Waals surface area contributed by atoms with Crippen LogP contribution in [0.15, 0.2) is 87.1 Å². The molecule has 0 bridgehead atoms. The fourth-order valence-corrected chi connectivity index (χ4v) is 8.10. The summed E-state index contributed by atoms with van der Waals surface area (Å²) in [4.78, 5) is 28.7. The summed E-state index contributed by atoms with van der Waals surface area (Å²) in [6.07, 6.45) is 9.62. The van der Waals surface area contributed by atoms with Crippen molar-refractivity contribution in [2.45, 2.75) is 65.2 Å². The summed E-state index contributed by atoms with van der Waals surface area (Å²) >= 11 is 12.9. The van der Waals surface area contributed by atoms with Crippen molar-refractivity contribution in [2.24, 2.45) is 14.1 Å². The van der Waals surface area contributed by atoms with Crippen LogP contribution in [-0.2, 0) is 24.9 Å². The number of benzene rings is 2. The average molecular weight is 686 g/mol. The van der Waals surface area contributed by atoms with Gasteiger partial charge in [0.05, 0.1) is 11.0 Å². The summed E-state index contributed by atoms with van der Waals surface area (Å²) in [5.74, 6) is -0.589. The highest BCUT2D eigenvalue weighted by Gasteiger charge is 2.44. The van der Waals surface area contributed by atoms with Crippen molar-refractivity contribution in [1.82, 2.24) is 9.13 Å². The predicted molar refractivity (Wildman–Crippen MR) is 195 cm³/mol. The molecule has 0 saturated heterocycles. The number of allylic oxidation sites excluding steroid dienone is 8. The number of nitrogens with zero attached hydrogens (tertiary/aromatic N) is 4. The minimum absolute atomic E-state index is 0.0209. The first-order valence-electron chi connectivity index (χ1n) is 16.5. The maximum atomic E-state index is 13.7. The molecule has 7 nitrogen and oxygen atoms in total. The van der Waals surface area contributed by atoms with Crippen LogP contribution in [0.25, 0.3) is 5.57 Å². The van der Waals surface area contributed by atoms with E-state index < -0.39 is 17.1 Å². The lowest BCUT2D eigenvalue weighted by Gasteiger charge is -2.26. The number of hydrogen-bond acceptors (Lipinski definition) is 4. The van der Waals surface area contributed by atoms with Gasteiger partial charge in [-0.15, -0.1) is 0 Å². The molecule has 0 atom stereocenters. The number of hydrogen-bond donors (Lipinski definition) is 0. The number of anilines is 1. The van der Waals surface area contributed by atoms with Crippen molar-refractivity contribution < 1.29 is 9.68 Å². The highest BCUT2D eigenvalue weighted by Crippen LogP contribution is 2.49. The van der Waals surface area contributed by atoms with E-state index in [0.29, 0.717) is 28.5 Å². The Hall–Kier alpha value is -4.07. The molecule has 9 heteroatoms. The Morgan fingerprint density at radius 2 is 1.54 bits per heavy atom. The predicted octanol–water partition coefficient (Wildman–Crippen LogP) is 7.29. The average Bonchev–Trinajstić information content (AvgIpc) is 3.61. The van der Waals surface area contributed by atoms with E-state index in [9.17, 15) is 14.7 Å². The molecular formula is C39H42Cl2N4O3. The Kier molecular flexibility index (Phi) is 8.54. The molecule has 0 N–H and O–H groups in total. The van der Waals surface area contributed by atoms with Crippen molar-refractivity contribution in [2.75, 3.05) is 18.0 Å². The molecule has 0 fully saturated rings. The van der Waals surface area contributed by atoms with E-state index in [1.165, 1.54) is 14.1 Å². The highest BCUT2D eigenvalue weighted by atomic mass is 35.5. The lowest BCUT2D eigenvalue weighted by Crippen LogP contribution is -2.40. The van der Waals surface area contributed by atoms with Gasteiger partial charge in [-0.2, -0.15) is 4.58 Å². The molecule has 3 aromatic rings. The van der Waals surface area contributed by atoms with Crippen molar-refractivity contribution >= 4 is 45.9 Å². The molecular weight excluding hydrogens is 643 g/mol. The van der Waals surface area contributed by atoms with Gasteiger partial charge in [0.1, 0.15) is 6.54 Å². The van der Waals surface area contributed by atoms with Crippen LogP contribution in [0.2, 0.25) is 10.0 Å². The number of rotatable bonds is 6. The van der Waals surface area contributed by atoms with Gasteiger partial charge in [0, 0.05) is 65.2 Å². The molecule has 2 aromatic carbocycles. The molecule has 0 amide bonds. The molecule has 1 aliphatic carbocycles. The number of likely N-dealkylation sites (N-methyl/N-ethyl adjacent to an activating group) is 1. The van der Waals surface area contributed by atoms with Crippen LogP contribution in [0.3, 0.4) is 0 Å². The standard InChI is InChI=1S/C39H42Cl2N4O3/c1-9-44-29-17-15-25(40)21-27(29)38(3,4)31(44)19-13-23-11-12-24(33(23)34-35(46)42(7)37(48)43(8)36(34)47)14-20-32-39(5,6)28-22-26(41)16-18-30(28)45(32)10-2/h13-22H,9-12H2,1-8H3/b23-13+,31-19-. The summed E-state index contributed by atoms with van der Waals surface area (Å²) in [7, 11) is 2.84. The van der Waals surface area contributed by atoms with Gasteiger partial charge in [-0.05, 0) is 105 Å². The van der Waals surface area contributed by atoms with Gasteiger partial charge in [-0.1, -0.05) is 49.2 Å². The maximum absolute atomic E-state index is 13.7. The van der Waals surface area contributed by atoms with Crippen LogP contribution >= 0.6 is 23.2 Å². The molecule has 6 rings (SSSR count). The fourth-order valence-electron chi connectivity index (χ4n) is 7.76. The van der Waals surface area contributed by atoms with Crippen molar-refractivity contribution in [3.63, 3.8) is 0 Å². The van der Waals surface area contributed by atoms with Crippen molar-refractivity contribution in [1.29, 1.82) is 0 Å². The molecule has 48 heavy (non-hydrogen) atoms. The summed E-state index contributed by atoms with van der Waals surface area (Å²) < 4.78 is 4.33. The second kappa shape index (κ2) is 12.1. The van der Waals surface area contributed by atoms with Gasteiger partial charge in [0.2, 0.25) is 5.69 Å². The normalized spacial score (nSPS) is 19.8. The van der Waals surface area contributed by atoms with Crippen LogP contribution in [0.4, 0.5) is 11.4 Å². The topological polar surface area (TPSA) is 73.3 Å². The fraction of sp³-hybridized carbons (Fsp3) is 0.359. The van der Waals surface area contributed by atoms with Crippen LogP contribution in [0, 0.1) is 0 Å². The van der Waals surface area contributed by atoms with E-state index in [2.05, 4.69) is 87.5 Å². The minimum atomic E-state index is -0.641. The van der Waals surface area contributed by atoms with Crippen LogP contribution in [0.5, 0.6) is 5.88 Å². The van der Waals surface area contributed by atoms with E-state index in [0.717, 1.165) is 67.3 Å². The lowest BCUT2D eigenvalue weighted by atomic mass is 9.81. The Morgan fingerprint density at radius 3 is 2.21 bits per heavy atom. The van der Waals surface area contributed by atoms with Gasteiger partial charge < -0.3 is 14.6 Å². The van der Waals surface area contributed by atoms with Gasteiger partial charge in [-0.3, -0.25) is 9.36 Å². The van der Waals surface area contributed by atoms with Crippen molar-refractivity contribution in [3.8, 4) is 5.88 Å². The smallest absolute Gasteiger partial charge is 0.329 e. The zero-order chi connectivity index (χ0) is 34.9. The quantitative estimate of drug-likeness (QED) is 0.256. The molecule has 0 unspecified atom stereocenters. The van der Waals surface area contributed by atoms with E-state index in [4.69, 9.17) is 23.2 Å². The molecule has 1 aromatic heterocycles. The first-order valence-corrected chi connectivity index (χ1v) is 17.2. The summed E-state index contributed by atoms with van der Waals surface area (Å²) in [5, 5.41) is 15.1. The largest absolute Gasteiger partial charge is 0.859 e. The van der Waals surface area contributed by atoms with Gasteiger partial charge in [0.15, 0.2) is 5.71 Å². The third-order valence-corrected chi connectivity index (χ3v) is 10.9. The molecule has 3 heterocycles. The Balaban J connectivity index is 1.54. The van der Waals surface area contributed by atoms with E-state index >= 15 is 0 Å². The lowest BCUT2D eigenvalue weighted by molar-refractivity contribution is -0.433. The van der Waals surface area contributed by atoms with E-state index in [1.807, 2.05) is 24.3 Å². The Bertz CT molecular complexity index is 2160. The summed E-state index contributed by atoms with van der Waals surface area (Å²) in [6, 6.07) is 12.0. The Morgan fingerprint density at radius 1 is 0.875 bits per heavy atom. The second-order valence-electron chi connectivity index (χ2n) is 13.8. The van der Waals surface area contributed by atoms with Gasteiger partial charge in [-0.25, -0.2) is 4.79 Å². The van der Waals surface area contributed by atoms with Crippen molar-refractivity contribution in [3.05, 3.63) is 125 Å². The van der Waals surface area contributed by atoms with Gasteiger partial charge >= 0.3 is 5.69 Å². The van der Waals surface area contributed by atoms with Crippen LogP contribution in [-0.4, -0.2) is 32.5 Å². The summed E-state index contributed by atoms with van der Waals surface area (Å²) in [6.45, 7) is 14.5. The number of halogens is 2. The molecule has 0 spiro atoms. The third kappa shape index (κ3) is 5.14. The molecule has 0 saturated carbocycles. The first-order chi connectivity index (χ1) is 22.6. The SMILES string of the molecule is CCN1/C(=C\C=C2/CCC(/C=C/C3=[N+](CC)c4ccc(Cl)cc4C3(C)C)=C2c2c([O-])n(C)c(=O)n(C)c2=O)C(C)(C)c2cc(Cl)ccc21. The zero-order valence-corrected chi connectivity index (χ0v) is 30.4. The van der Waals surface area contributed by atoms with Crippen LogP contribution in [0.1, 0.15) is 71.1 Å². The van der Waals surface area contributed by atoms with Gasteiger partial charge in [0.25, 0.3) is 5.56 Å². The monoisotopic (exact) mass is 684 g/mol. The molecule has 2 aliphatic heterocycles. The Labute approximate surface area is 292 Å². The highest BCUT2D eigenvalue weighted by molar-refractivity contribution is 6.31. The van der Waals surface area contributed by atoms with Crippen LogP contribution < -0.4 is 21.3 Å². The first kappa shape index (κ1) is 33.8. The zero-order valence-electron chi connectivity index (χ0n) is 28.9. The summed E-state index contributed by atoms with van der Waals surface area (Å²) in [5.41, 5.74) is 7.28. The van der Waals surface area contributed by atoms with E-state index in [1.54, 1.807) is 0 Å². The molecule has 0 radical (unpaired) electrons. The minimum Gasteiger partial charge on any atom is -0.859 e. The maximum Gasteiger partial charge on any atom is 0.329 e. The molecule has 250 valence electrons. The number of fused-ring (bicyclic) bond motifs is 2. The molecule has 3 aliphatic rings. The number of aromatic nitrogens is 2. The van der Waals surface area contributed by atoms with E-state index in [-0.39, 0.29) is 16.4 Å².